The summed E-state index contributed by atoms with van der Waals surface area (Å²) in [5, 5.41) is 4.11. The van der Waals surface area contributed by atoms with Crippen LogP contribution in [0.1, 0.15) is 18.7 Å². The lowest BCUT2D eigenvalue weighted by Crippen LogP contribution is -2.46. The standard InChI is InChI=1S/C18H23N5O2/c1-21-11-12-23(18(21)24)15-7-9-22(10-8-15)13-16-19-17(25-20-16)14-5-3-2-4-6-14/h2-6,15H,7-13H2,1H3. The quantitative estimate of drug-likeness (QED) is 0.852. The van der Waals surface area contributed by atoms with Gasteiger partial charge in [-0.05, 0) is 25.0 Å². The van der Waals surface area contributed by atoms with Crippen LogP contribution in [0, 0.1) is 0 Å². The topological polar surface area (TPSA) is 65.7 Å². The number of urea groups is 1. The molecular formula is C18H23N5O2. The first-order valence-corrected chi connectivity index (χ1v) is 8.83. The van der Waals surface area contributed by atoms with Crippen LogP contribution in [0.5, 0.6) is 0 Å². The summed E-state index contributed by atoms with van der Waals surface area (Å²) in [7, 11) is 1.87. The summed E-state index contributed by atoms with van der Waals surface area (Å²) in [6.07, 6.45) is 2.01. The third-order valence-electron chi connectivity index (χ3n) is 5.10. The summed E-state index contributed by atoms with van der Waals surface area (Å²) in [6.45, 7) is 4.28. The molecule has 0 bridgehead atoms. The van der Waals surface area contributed by atoms with Crippen molar-refractivity contribution in [1.29, 1.82) is 0 Å². The molecule has 2 aromatic rings. The Morgan fingerprint density at radius 3 is 2.56 bits per heavy atom. The number of piperidine rings is 1. The second-order valence-electron chi connectivity index (χ2n) is 6.79. The minimum Gasteiger partial charge on any atom is -0.334 e. The summed E-state index contributed by atoms with van der Waals surface area (Å²) in [4.78, 5) is 22.8. The SMILES string of the molecule is CN1CCN(C2CCN(Cc3noc(-c4ccccc4)n3)CC2)C1=O. The maximum atomic E-state index is 12.1. The third-order valence-corrected chi connectivity index (χ3v) is 5.10. The molecule has 0 atom stereocenters. The van der Waals surface area contributed by atoms with E-state index in [4.69, 9.17) is 4.52 Å². The maximum absolute atomic E-state index is 12.1. The van der Waals surface area contributed by atoms with Crippen molar-refractivity contribution >= 4 is 6.03 Å². The molecule has 0 N–H and O–H groups in total. The summed E-state index contributed by atoms with van der Waals surface area (Å²) in [6, 6.07) is 10.3. The Bertz CT molecular complexity index is 724. The van der Waals surface area contributed by atoms with Gasteiger partial charge in [0.05, 0.1) is 6.54 Å². The summed E-state index contributed by atoms with van der Waals surface area (Å²) in [5.74, 6) is 1.28. The fourth-order valence-electron chi connectivity index (χ4n) is 3.61. The number of rotatable bonds is 4. The number of nitrogens with zero attached hydrogens (tertiary/aromatic N) is 5. The Kier molecular flexibility index (Phi) is 4.40. The van der Waals surface area contributed by atoms with Gasteiger partial charge in [0.1, 0.15) is 0 Å². The second kappa shape index (κ2) is 6.84. The predicted molar refractivity (Wildman–Crippen MR) is 92.8 cm³/mol. The van der Waals surface area contributed by atoms with E-state index >= 15 is 0 Å². The van der Waals surface area contributed by atoms with Crippen molar-refractivity contribution in [3.8, 4) is 11.5 Å². The number of amides is 2. The Morgan fingerprint density at radius 1 is 1.12 bits per heavy atom. The minimum atomic E-state index is 0.170. The first kappa shape index (κ1) is 16.1. The van der Waals surface area contributed by atoms with Crippen LogP contribution < -0.4 is 0 Å². The molecule has 1 aromatic heterocycles. The Hall–Kier alpha value is -2.41. The van der Waals surface area contributed by atoms with E-state index < -0.39 is 0 Å². The monoisotopic (exact) mass is 341 g/mol. The summed E-state index contributed by atoms with van der Waals surface area (Å²) in [5.41, 5.74) is 0.941. The van der Waals surface area contributed by atoms with Gasteiger partial charge >= 0.3 is 6.03 Å². The fraction of sp³-hybridized carbons (Fsp3) is 0.500. The molecular weight excluding hydrogens is 318 g/mol. The van der Waals surface area contributed by atoms with Crippen molar-refractivity contribution in [3.05, 3.63) is 36.2 Å². The number of carbonyl (C=O) groups is 1. The van der Waals surface area contributed by atoms with Gasteiger partial charge in [-0.2, -0.15) is 4.98 Å². The van der Waals surface area contributed by atoms with Gasteiger partial charge in [0, 0.05) is 44.8 Å². The first-order chi connectivity index (χ1) is 12.2. The highest BCUT2D eigenvalue weighted by Gasteiger charge is 2.33. The van der Waals surface area contributed by atoms with Crippen molar-refractivity contribution in [2.45, 2.75) is 25.4 Å². The van der Waals surface area contributed by atoms with Crippen LogP contribution in [0.4, 0.5) is 4.79 Å². The largest absolute Gasteiger partial charge is 0.334 e. The van der Waals surface area contributed by atoms with Crippen LogP contribution >= 0.6 is 0 Å². The number of carbonyl (C=O) groups excluding carboxylic acids is 1. The van der Waals surface area contributed by atoms with Gasteiger partial charge in [0.15, 0.2) is 5.82 Å². The van der Waals surface area contributed by atoms with Gasteiger partial charge in [-0.1, -0.05) is 23.4 Å². The first-order valence-electron chi connectivity index (χ1n) is 8.83. The smallest absolute Gasteiger partial charge is 0.320 e. The lowest BCUT2D eigenvalue weighted by atomic mass is 10.0. The minimum absolute atomic E-state index is 0.170. The molecule has 1 aromatic carbocycles. The van der Waals surface area contributed by atoms with Crippen LogP contribution in [0.3, 0.4) is 0 Å². The van der Waals surface area contributed by atoms with E-state index in [9.17, 15) is 4.79 Å². The number of hydrogen-bond acceptors (Lipinski definition) is 5. The predicted octanol–water partition coefficient (Wildman–Crippen LogP) is 2.07. The molecule has 0 spiro atoms. The van der Waals surface area contributed by atoms with Crippen molar-refractivity contribution in [1.82, 2.24) is 24.8 Å². The summed E-state index contributed by atoms with van der Waals surface area (Å²) >= 11 is 0. The van der Waals surface area contributed by atoms with Crippen molar-refractivity contribution < 1.29 is 9.32 Å². The van der Waals surface area contributed by atoms with Crippen LogP contribution in [0.2, 0.25) is 0 Å². The van der Waals surface area contributed by atoms with E-state index in [1.807, 2.05) is 42.3 Å². The van der Waals surface area contributed by atoms with Gasteiger partial charge in [0.2, 0.25) is 0 Å². The Labute approximate surface area is 147 Å². The Morgan fingerprint density at radius 2 is 1.88 bits per heavy atom. The normalized spacial score (nSPS) is 19.8. The van der Waals surface area contributed by atoms with E-state index in [1.54, 1.807) is 4.90 Å². The molecule has 2 aliphatic rings. The zero-order valence-corrected chi connectivity index (χ0v) is 14.5. The Balaban J connectivity index is 1.32. The van der Waals surface area contributed by atoms with Gasteiger partial charge < -0.3 is 14.3 Å². The van der Waals surface area contributed by atoms with E-state index in [2.05, 4.69) is 15.0 Å². The molecule has 2 fully saturated rings. The average molecular weight is 341 g/mol. The van der Waals surface area contributed by atoms with Gasteiger partial charge in [-0.15, -0.1) is 0 Å². The maximum Gasteiger partial charge on any atom is 0.320 e. The zero-order valence-electron chi connectivity index (χ0n) is 14.5. The third kappa shape index (κ3) is 3.37. The molecule has 2 aliphatic heterocycles. The van der Waals surface area contributed by atoms with Gasteiger partial charge in [-0.3, -0.25) is 4.90 Å². The lowest BCUT2D eigenvalue weighted by Gasteiger charge is -2.35. The lowest BCUT2D eigenvalue weighted by molar-refractivity contribution is 0.125. The highest BCUT2D eigenvalue weighted by atomic mass is 16.5. The molecule has 2 amide bonds. The molecule has 25 heavy (non-hydrogen) atoms. The molecule has 0 unspecified atom stereocenters. The van der Waals surface area contributed by atoms with Crippen molar-refractivity contribution in [2.75, 3.05) is 33.2 Å². The molecule has 4 rings (SSSR count). The second-order valence-corrected chi connectivity index (χ2v) is 6.79. The highest BCUT2D eigenvalue weighted by molar-refractivity contribution is 5.76. The zero-order chi connectivity index (χ0) is 17.2. The van der Waals surface area contributed by atoms with E-state index in [0.717, 1.165) is 44.6 Å². The molecule has 3 heterocycles. The van der Waals surface area contributed by atoms with Crippen molar-refractivity contribution in [3.63, 3.8) is 0 Å². The fourth-order valence-corrected chi connectivity index (χ4v) is 3.61. The molecule has 7 heteroatoms. The van der Waals surface area contributed by atoms with Crippen LogP contribution in [-0.4, -0.2) is 70.1 Å². The molecule has 0 saturated carbocycles. The van der Waals surface area contributed by atoms with E-state index in [1.165, 1.54) is 0 Å². The van der Waals surface area contributed by atoms with Crippen molar-refractivity contribution in [2.24, 2.45) is 0 Å². The highest BCUT2D eigenvalue weighted by Crippen LogP contribution is 2.22. The van der Waals surface area contributed by atoms with Gasteiger partial charge in [-0.25, -0.2) is 4.79 Å². The molecule has 7 nitrogen and oxygen atoms in total. The van der Waals surface area contributed by atoms with E-state index in [0.29, 0.717) is 24.3 Å². The molecule has 2 saturated heterocycles. The molecule has 0 aliphatic carbocycles. The van der Waals surface area contributed by atoms with E-state index in [-0.39, 0.29) is 6.03 Å². The summed E-state index contributed by atoms with van der Waals surface area (Å²) < 4.78 is 5.37. The van der Waals surface area contributed by atoms with Gasteiger partial charge in [0.25, 0.3) is 5.89 Å². The molecule has 0 radical (unpaired) electrons. The van der Waals surface area contributed by atoms with Crippen LogP contribution in [0.25, 0.3) is 11.5 Å². The van der Waals surface area contributed by atoms with Crippen LogP contribution in [-0.2, 0) is 6.54 Å². The number of aromatic nitrogens is 2. The number of hydrogen-bond donors (Lipinski definition) is 0. The van der Waals surface area contributed by atoms with Crippen LogP contribution in [0.15, 0.2) is 34.9 Å². The number of likely N-dealkylation sites (N-methyl/N-ethyl adjacent to an activating group) is 1. The molecule has 132 valence electrons. The number of benzene rings is 1. The average Bonchev–Trinajstić information content (AvgIpc) is 3.24. The number of likely N-dealkylation sites (tertiary alicyclic amines) is 1.